The number of benzene rings is 4. The van der Waals surface area contributed by atoms with Gasteiger partial charge in [0.2, 0.25) is 0 Å². The fourth-order valence-electron chi connectivity index (χ4n) is 6.99. The second kappa shape index (κ2) is 8.52. The summed E-state index contributed by atoms with van der Waals surface area (Å²) in [5.41, 5.74) is 9.31. The molecule has 0 bridgehead atoms. The molecule has 4 aromatic carbocycles. The molecule has 6 aromatic heterocycles. The van der Waals surface area contributed by atoms with Gasteiger partial charge in [0, 0.05) is 62.5 Å². The van der Waals surface area contributed by atoms with Gasteiger partial charge in [0.1, 0.15) is 22.8 Å². The lowest BCUT2D eigenvalue weighted by Crippen LogP contribution is -1.93. The molecule has 0 amide bonds. The number of aromatic nitrogens is 5. The third-order valence-electron chi connectivity index (χ3n) is 8.94. The second-order valence-corrected chi connectivity index (χ2v) is 11.4. The van der Waals surface area contributed by atoms with E-state index in [1.54, 1.807) is 0 Å². The molecule has 0 radical (unpaired) electrons. The van der Waals surface area contributed by atoms with Crippen LogP contribution in [0.2, 0.25) is 0 Å². The maximum atomic E-state index is 6.58. The molecule has 44 heavy (non-hydrogen) atoms. The zero-order valence-electron chi connectivity index (χ0n) is 23.7. The Hall–Kier alpha value is -6.01. The fourth-order valence-corrected chi connectivity index (χ4v) is 6.99. The van der Waals surface area contributed by atoms with E-state index in [0.29, 0.717) is 0 Å². The Bertz CT molecular complexity index is 2770. The van der Waals surface area contributed by atoms with Gasteiger partial charge in [-0.3, -0.25) is 13.8 Å². The average Bonchev–Trinajstić information content (AvgIpc) is 3.75. The van der Waals surface area contributed by atoms with Gasteiger partial charge in [-0.25, -0.2) is 9.97 Å². The van der Waals surface area contributed by atoms with E-state index >= 15 is 0 Å². The third kappa shape index (κ3) is 3.11. The highest BCUT2D eigenvalue weighted by Gasteiger charge is 2.19. The van der Waals surface area contributed by atoms with Crippen molar-refractivity contribution in [2.75, 3.05) is 0 Å². The van der Waals surface area contributed by atoms with Gasteiger partial charge in [-0.15, -0.1) is 0 Å². The SMILES string of the molecule is Cc1ccccc1-c1cn2c3cccnc3c3ccc(Oc4ccc5c6cccc7c8cccnc8n(c5c4)c67)cc3c2n1. The highest BCUT2D eigenvalue weighted by Crippen LogP contribution is 2.40. The van der Waals surface area contributed by atoms with Gasteiger partial charge in [-0.1, -0.05) is 42.5 Å². The van der Waals surface area contributed by atoms with Crippen LogP contribution in [0.15, 0.2) is 122 Å². The van der Waals surface area contributed by atoms with E-state index in [1.165, 1.54) is 27.2 Å². The number of imidazole rings is 1. The molecule has 0 aliphatic rings. The van der Waals surface area contributed by atoms with Crippen LogP contribution in [0.3, 0.4) is 0 Å². The molecule has 10 rings (SSSR count). The Morgan fingerprint density at radius 1 is 0.591 bits per heavy atom. The summed E-state index contributed by atoms with van der Waals surface area (Å²) in [5.74, 6) is 1.51. The average molecular weight is 566 g/mol. The number of rotatable bonds is 3. The van der Waals surface area contributed by atoms with E-state index in [-0.39, 0.29) is 0 Å². The smallest absolute Gasteiger partial charge is 0.146 e. The number of ether oxygens (including phenoxy) is 1. The lowest BCUT2D eigenvalue weighted by atomic mass is 10.1. The van der Waals surface area contributed by atoms with E-state index in [2.05, 4.69) is 101 Å². The van der Waals surface area contributed by atoms with Crippen LogP contribution in [-0.2, 0) is 0 Å². The lowest BCUT2D eigenvalue weighted by Gasteiger charge is -2.10. The van der Waals surface area contributed by atoms with Crippen molar-refractivity contribution in [3.63, 3.8) is 0 Å². The highest BCUT2D eigenvalue weighted by molar-refractivity contribution is 6.22. The van der Waals surface area contributed by atoms with Crippen LogP contribution in [0.4, 0.5) is 0 Å². The van der Waals surface area contributed by atoms with Crippen molar-refractivity contribution >= 4 is 65.7 Å². The van der Waals surface area contributed by atoms with Crippen LogP contribution < -0.4 is 4.74 Å². The minimum atomic E-state index is 0.742. The molecule has 0 spiro atoms. The Kier molecular flexibility index (Phi) is 4.56. The summed E-state index contributed by atoms with van der Waals surface area (Å²) >= 11 is 0. The first-order valence-corrected chi connectivity index (χ1v) is 14.7. The molecule has 0 atom stereocenters. The van der Waals surface area contributed by atoms with Crippen molar-refractivity contribution in [1.82, 2.24) is 23.8 Å². The van der Waals surface area contributed by atoms with Gasteiger partial charge in [-0.2, -0.15) is 0 Å². The van der Waals surface area contributed by atoms with E-state index in [4.69, 9.17) is 19.7 Å². The molecule has 206 valence electrons. The molecule has 10 aromatic rings. The standard InChI is InChI=1S/C38H23N5O/c1-22-7-2-3-8-25(22)32-21-42-33-12-6-17-39-35(33)27-16-14-23(19-31(27)38(42)41-32)44-24-13-15-26-28-9-4-10-29-30-11-5-18-40-37(30)43(36(28)29)34(26)20-24/h2-21H,1H3. The van der Waals surface area contributed by atoms with E-state index in [1.807, 2.05) is 36.7 Å². The summed E-state index contributed by atoms with van der Waals surface area (Å²) in [6, 6.07) is 35.6. The first-order chi connectivity index (χ1) is 21.7. The monoisotopic (exact) mass is 565 g/mol. The van der Waals surface area contributed by atoms with Crippen LogP contribution in [-0.4, -0.2) is 23.8 Å². The summed E-state index contributed by atoms with van der Waals surface area (Å²) in [6.07, 6.45) is 5.82. The van der Waals surface area contributed by atoms with Crippen LogP contribution in [0, 0.1) is 6.92 Å². The Labute approximate surface area is 250 Å². The molecule has 0 saturated heterocycles. The molecule has 0 saturated carbocycles. The zero-order valence-corrected chi connectivity index (χ0v) is 23.7. The molecular formula is C38H23N5O. The maximum Gasteiger partial charge on any atom is 0.146 e. The van der Waals surface area contributed by atoms with Crippen LogP contribution in [0.5, 0.6) is 11.5 Å². The third-order valence-corrected chi connectivity index (χ3v) is 8.94. The summed E-state index contributed by atoms with van der Waals surface area (Å²) < 4.78 is 11.0. The molecule has 0 fully saturated rings. The van der Waals surface area contributed by atoms with Gasteiger partial charge in [0.05, 0.1) is 27.8 Å². The Balaban J connectivity index is 1.17. The van der Waals surface area contributed by atoms with Gasteiger partial charge >= 0.3 is 0 Å². The molecule has 6 heterocycles. The van der Waals surface area contributed by atoms with Crippen molar-refractivity contribution in [3.8, 4) is 22.8 Å². The largest absolute Gasteiger partial charge is 0.457 e. The highest BCUT2D eigenvalue weighted by atomic mass is 16.5. The summed E-state index contributed by atoms with van der Waals surface area (Å²) in [7, 11) is 0. The van der Waals surface area contributed by atoms with Gasteiger partial charge in [0.15, 0.2) is 0 Å². The maximum absolute atomic E-state index is 6.58. The Morgan fingerprint density at radius 2 is 1.36 bits per heavy atom. The number of nitrogens with zero attached hydrogens (tertiary/aromatic N) is 5. The van der Waals surface area contributed by atoms with Gasteiger partial charge in [0.25, 0.3) is 0 Å². The first-order valence-electron chi connectivity index (χ1n) is 14.7. The number of fused-ring (bicyclic) bond motifs is 12. The van der Waals surface area contributed by atoms with E-state index in [9.17, 15) is 0 Å². The quantitative estimate of drug-likeness (QED) is 0.200. The molecule has 0 N–H and O–H groups in total. The summed E-state index contributed by atoms with van der Waals surface area (Å²) in [6.45, 7) is 2.12. The molecule has 6 heteroatoms. The lowest BCUT2D eigenvalue weighted by molar-refractivity contribution is 0.484. The van der Waals surface area contributed by atoms with E-state index < -0.39 is 0 Å². The predicted molar refractivity (Wildman–Crippen MR) is 177 cm³/mol. The zero-order chi connectivity index (χ0) is 28.9. The van der Waals surface area contributed by atoms with E-state index in [0.717, 1.165) is 66.8 Å². The topological polar surface area (TPSA) is 56.7 Å². The number of hydrogen-bond donors (Lipinski definition) is 0. The molecule has 6 nitrogen and oxygen atoms in total. The van der Waals surface area contributed by atoms with Crippen LogP contribution in [0.25, 0.3) is 76.9 Å². The second-order valence-electron chi connectivity index (χ2n) is 11.4. The normalized spacial score (nSPS) is 12.2. The number of pyridine rings is 3. The summed E-state index contributed by atoms with van der Waals surface area (Å²) in [4.78, 5) is 14.7. The molecule has 0 aliphatic heterocycles. The van der Waals surface area contributed by atoms with Crippen molar-refractivity contribution in [2.45, 2.75) is 6.92 Å². The van der Waals surface area contributed by atoms with Gasteiger partial charge < -0.3 is 4.74 Å². The first kappa shape index (κ1) is 23.5. The van der Waals surface area contributed by atoms with Crippen molar-refractivity contribution in [3.05, 3.63) is 127 Å². The van der Waals surface area contributed by atoms with Crippen molar-refractivity contribution < 1.29 is 4.74 Å². The minimum absolute atomic E-state index is 0.742. The predicted octanol–water partition coefficient (Wildman–Crippen LogP) is 9.35. The molecular weight excluding hydrogens is 542 g/mol. The molecule has 0 unspecified atom stereocenters. The minimum Gasteiger partial charge on any atom is -0.457 e. The fraction of sp³-hybridized carbons (Fsp3) is 0.0263. The number of para-hydroxylation sites is 1. The summed E-state index contributed by atoms with van der Waals surface area (Å²) in [5, 5.41) is 6.81. The Morgan fingerprint density at radius 3 is 2.27 bits per heavy atom. The van der Waals surface area contributed by atoms with Gasteiger partial charge in [-0.05, 0) is 67.1 Å². The van der Waals surface area contributed by atoms with Crippen LogP contribution >= 0.6 is 0 Å². The number of hydrogen-bond acceptors (Lipinski definition) is 4. The van der Waals surface area contributed by atoms with Crippen molar-refractivity contribution in [1.29, 1.82) is 0 Å². The van der Waals surface area contributed by atoms with Crippen LogP contribution in [0.1, 0.15) is 5.56 Å². The van der Waals surface area contributed by atoms with Crippen molar-refractivity contribution in [2.24, 2.45) is 0 Å². The number of aryl methyl sites for hydroxylation is 1. The molecule has 0 aliphatic carbocycles.